The van der Waals surface area contributed by atoms with Crippen LogP contribution >= 0.6 is 0 Å². The maximum Gasteiger partial charge on any atom is 0.336 e. The summed E-state index contributed by atoms with van der Waals surface area (Å²) in [6.07, 6.45) is 3.61. The quantitative estimate of drug-likeness (QED) is 0.462. The summed E-state index contributed by atoms with van der Waals surface area (Å²) in [6, 6.07) is 10.9. The van der Waals surface area contributed by atoms with Crippen LogP contribution in [0.5, 0.6) is 5.75 Å². The van der Waals surface area contributed by atoms with E-state index in [-0.39, 0.29) is 19.0 Å². The smallest absolute Gasteiger partial charge is 0.336 e. The zero-order chi connectivity index (χ0) is 25.8. The molecule has 0 radical (unpaired) electrons. The Morgan fingerprint density at radius 3 is 2.50 bits per heavy atom. The average Bonchev–Trinajstić information content (AvgIpc) is 2.88. The van der Waals surface area contributed by atoms with E-state index in [0.717, 1.165) is 5.56 Å². The summed E-state index contributed by atoms with van der Waals surface area (Å²) in [5.41, 5.74) is 3.37. The highest BCUT2D eigenvalue weighted by Gasteiger charge is 2.49. The molecule has 36 heavy (non-hydrogen) atoms. The van der Waals surface area contributed by atoms with E-state index in [1.807, 2.05) is 30.3 Å². The molecule has 1 aromatic heterocycles. The van der Waals surface area contributed by atoms with Crippen molar-refractivity contribution in [1.82, 2.24) is 10.3 Å². The van der Waals surface area contributed by atoms with Crippen molar-refractivity contribution in [1.29, 1.82) is 0 Å². The van der Waals surface area contributed by atoms with Crippen LogP contribution in [0.25, 0.3) is 0 Å². The molecule has 1 N–H and O–H groups in total. The maximum atomic E-state index is 14.2. The number of hydrogen-bond donors (Lipinski definition) is 1. The molecule has 2 aromatic rings. The van der Waals surface area contributed by atoms with E-state index >= 15 is 0 Å². The third kappa shape index (κ3) is 4.51. The van der Waals surface area contributed by atoms with Gasteiger partial charge in [0.1, 0.15) is 11.7 Å². The van der Waals surface area contributed by atoms with E-state index in [1.54, 1.807) is 46.3 Å². The Balaban J connectivity index is 1.91. The van der Waals surface area contributed by atoms with Crippen LogP contribution in [0, 0.1) is 5.92 Å². The number of hydrogen-bond acceptors (Lipinski definition) is 8. The van der Waals surface area contributed by atoms with Gasteiger partial charge in [-0.25, -0.2) is 4.79 Å². The lowest BCUT2D eigenvalue weighted by Gasteiger charge is -2.39. The molecule has 4 rings (SSSR count). The highest BCUT2D eigenvalue weighted by molar-refractivity contribution is 6.13. The number of rotatable bonds is 7. The number of nitrogens with one attached hydrogen (secondary N) is 1. The predicted octanol–water partition coefficient (Wildman–Crippen LogP) is 3.80. The van der Waals surface area contributed by atoms with Crippen molar-refractivity contribution in [3.8, 4) is 5.75 Å². The van der Waals surface area contributed by atoms with Gasteiger partial charge in [0.15, 0.2) is 5.78 Å². The van der Waals surface area contributed by atoms with Crippen molar-refractivity contribution in [2.24, 2.45) is 5.92 Å². The van der Waals surface area contributed by atoms with E-state index in [4.69, 9.17) is 14.2 Å². The Morgan fingerprint density at radius 2 is 1.83 bits per heavy atom. The molecule has 2 aliphatic rings. The van der Waals surface area contributed by atoms with Gasteiger partial charge in [0.25, 0.3) is 0 Å². The van der Waals surface area contributed by atoms with Crippen molar-refractivity contribution in [2.75, 3.05) is 20.3 Å². The van der Waals surface area contributed by atoms with E-state index in [0.29, 0.717) is 40.3 Å². The number of Topliss-reactive ketones (excluding diaryl/α,β-unsaturated/α-hetero) is 1. The Morgan fingerprint density at radius 1 is 1.08 bits per heavy atom. The van der Waals surface area contributed by atoms with Gasteiger partial charge in [0.05, 0.1) is 25.9 Å². The van der Waals surface area contributed by atoms with E-state index in [1.165, 1.54) is 0 Å². The van der Waals surface area contributed by atoms with E-state index in [2.05, 4.69) is 10.3 Å². The largest absolute Gasteiger partial charge is 0.496 e. The Kier molecular flexibility index (Phi) is 7.52. The zero-order valence-corrected chi connectivity index (χ0v) is 20.9. The number of ketones is 1. The highest BCUT2D eigenvalue weighted by atomic mass is 16.5. The number of pyridine rings is 1. The second-order valence-corrected chi connectivity index (χ2v) is 8.64. The summed E-state index contributed by atoms with van der Waals surface area (Å²) in [5.74, 6) is -3.24. The SMILES string of the molecule is CCOC(=O)C1=C(C)NC2=C(C(=O)[C@@H](C(=O)OCC)[C@@H](c3ccccc3OC)C2)[C@@H]1c1cccnc1. The first-order valence-electron chi connectivity index (χ1n) is 12.0. The fraction of sp³-hybridized carbons (Fsp3) is 0.357. The van der Waals surface area contributed by atoms with Gasteiger partial charge in [-0.15, -0.1) is 0 Å². The molecule has 0 saturated heterocycles. The molecule has 0 spiro atoms. The minimum absolute atomic E-state index is 0.143. The third-order valence-corrected chi connectivity index (χ3v) is 6.61. The number of aromatic nitrogens is 1. The summed E-state index contributed by atoms with van der Waals surface area (Å²) in [6.45, 7) is 5.56. The van der Waals surface area contributed by atoms with Gasteiger partial charge in [-0.3, -0.25) is 14.6 Å². The van der Waals surface area contributed by atoms with Gasteiger partial charge in [-0.05, 0) is 50.5 Å². The highest BCUT2D eigenvalue weighted by Crippen LogP contribution is 2.49. The Hall–Kier alpha value is -3.94. The number of carbonyl (C=O) groups is 3. The molecule has 8 nitrogen and oxygen atoms in total. The topological polar surface area (TPSA) is 104 Å². The molecule has 188 valence electrons. The number of carbonyl (C=O) groups excluding carboxylic acids is 3. The first-order chi connectivity index (χ1) is 17.4. The molecule has 3 atom stereocenters. The minimum Gasteiger partial charge on any atom is -0.496 e. The normalized spacial score (nSPS) is 21.4. The number of benzene rings is 1. The van der Waals surface area contributed by atoms with Crippen LogP contribution in [-0.4, -0.2) is 43.0 Å². The van der Waals surface area contributed by atoms with Crippen molar-refractivity contribution in [3.63, 3.8) is 0 Å². The second-order valence-electron chi connectivity index (χ2n) is 8.64. The average molecular weight is 491 g/mol. The van der Waals surface area contributed by atoms with Crippen LogP contribution in [0.15, 0.2) is 71.3 Å². The van der Waals surface area contributed by atoms with Crippen LogP contribution in [0.1, 0.15) is 50.2 Å². The number of allylic oxidation sites excluding steroid dienone is 3. The van der Waals surface area contributed by atoms with Gasteiger partial charge in [0, 0.05) is 41.2 Å². The number of esters is 2. The number of para-hydroxylation sites is 1. The van der Waals surface area contributed by atoms with Gasteiger partial charge in [0.2, 0.25) is 0 Å². The van der Waals surface area contributed by atoms with E-state index < -0.39 is 29.7 Å². The first kappa shape index (κ1) is 25.2. The van der Waals surface area contributed by atoms with Gasteiger partial charge in [-0.1, -0.05) is 24.3 Å². The minimum atomic E-state index is -1.09. The Bertz CT molecular complexity index is 1230. The molecule has 1 aromatic carbocycles. The Labute approximate surface area is 210 Å². The fourth-order valence-electron chi connectivity index (χ4n) is 5.16. The molecular formula is C28H30N2O6. The van der Waals surface area contributed by atoms with Gasteiger partial charge < -0.3 is 19.5 Å². The molecule has 8 heteroatoms. The monoisotopic (exact) mass is 490 g/mol. The number of ether oxygens (including phenoxy) is 3. The zero-order valence-electron chi connectivity index (χ0n) is 20.9. The summed E-state index contributed by atoms with van der Waals surface area (Å²) < 4.78 is 16.3. The molecule has 0 bridgehead atoms. The van der Waals surface area contributed by atoms with Crippen molar-refractivity contribution in [2.45, 2.75) is 39.0 Å². The molecule has 0 saturated carbocycles. The standard InChI is InChI=1S/C28H30N2O6/c1-5-35-27(32)22-16(3)30-20-14-19(18-11-7-8-12-21(18)34-4)24(28(33)36-6-2)26(31)25(20)23(22)17-10-9-13-29-15-17/h7-13,15,19,23-24,30H,5-6,14H2,1-4H3/t19-,23-,24+/m1/s1. The van der Waals surface area contributed by atoms with Gasteiger partial charge in [-0.2, -0.15) is 0 Å². The molecule has 0 fully saturated rings. The lowest BCUT2D eigenvalue weighted by Crippen LogP contribution is -2.43. The predicted molar refractivity (Wildman–Crippen MR) is 132 cm³/mol. The van der Waals surface area contributed by atoms with Crippen LogP contribution < -0.4 is 10.1 Å². The maximum absolute atomic E-state index is 14.2. The number of dihydropyridines is 1. The second kappa shape index (κ2) is 10.8. The van der Waals surface area contributed by atoms with Crippen LogP contribution in [0.4, 0.5) is 0 Å². The van der Waals surface area contributed by atoms with Crippen LogP contribution in [-0.2, 0) is 23.9 Å². The van der Waals surface area contributed by atoms with Crippen LogP contribution in [0.2, 0.25) is 0 Å². The number of nitrogens with zero attached hydrogens (tertiary/aromatic N) is 1. The lowest BCUT2D eigenvalue weighted by molar-refractivity contribution is -0.152. The molecule has 2 heterocycles. The molecule has 0 unspecified atom stereocenters. The van der Waals surface area contributed by atoms with Gasteiger partial charge >= 0.3 is 11.9 Å². The van der Waals surface area contributed by atoms with Crippen molar-refractivity contribution < 1.29 is 28.6 Å². The van der Waals surface area contributed by atoms with Crippen molar-refractivity contribution >= 4 is 17.7 Å². The summed E-state index contributed by atoms with van der Waals surface area (Å²) in [7, 11) is 1.56. The van der Waals surface area contributed by atoms with Crippen LogP contribution in [0.3, 0.4) is 0 Å². The fourth-order valence-corrected chi connectivity index (χ4v) is 5.16. The molecular weight excluding hydrogens is 460 g/mol. The summed E-state index contributed by atoms with van der Waals surface area (Å²) in [4.78, 5) is 44.8. The summed E-state index contributed by atoms with van der Waals surface area (Å²) in [5, 5.41) is 3.29. The molecule has 1 aliphatic heterocycles. The lowest BCUT2D eigenvalue weighted by atomic mass is 9.67. The third-order valence-electron chi connectivity index (χ3n) is 6.61. The van der Waals surface area contributed by atoms with E-state index in [9.17, 15) is 14.4 Å². The molecule has 1 aliphatic carbocycles. The number of methoxy groups -OCH3 is 1. The summed E-state index contributed by atoms with van der Waals surface area (Å²) >= 11 is 0. The van der Waals surface area contributed by atoms with Crippen molar-refractivity contribution in [3.05, 3.63) is 82.5 Å². The molecule has 0 amide bonds. The first-order valence-corrected chi connectivity index (χ1v) is 12.0.